The van der Waals surface area contributed by atoms with Crippen molar-refractivity contribution in [1.82, 2.24) is 14.7 Å². The summed E-state index contributed by atoms with van der Waals surface area (Å²) in [6, 6.07) is 15.6. The van der Waals surface area contributed by atoms with Gasteiger partial charge in [-0.2, -0.15) is 5.26 Å². The first kappa shape index (κ1) is 22.6. The van der Waals surface area contributed by atoms with Crippen molar-refractivity contribution >= 4 is 11.8 Å². The number of benzene rings is 2. The quantitative estimate of drug-likeness (QED) is 0.704. The summed E-state index contributed by atoms with van der Waals surface area (Å²) in [6.45, 7) is 4.74. The van der Waals surface area contributed by atoms with Crippen molar-refractivity contribution in [3.63, 3.8) is 0 Å². The molecule has 5 rings (SSSR count). The van der Waals surface area contributed by atoms with Crippen molar-refractivity contribution in [2.24, 2.45) is 0 Å². The molecule has 0 bridgehead atoms. The summed E-state index contributed by atoms with van der Waals surface area (Å²) in [5.74, 6) is 0.105. The number of rotatable bonds is 3. The van der Waals surface area contributed by atoms with E-state index in [1.54, 1.807) is 24.3 Å². The Bertz CT molecular complexity index is 1090. The van der Waals surface area contributed by atoms with Gasteiger partial charge in [0.05, 0.1) is 11.6 Å². The molecule has 6 nitrogen and oxygen atoms in total. The average molecular weight is 457 g/mol. The van der Waals surface area contributed by atoms with Crippen LogP contribution in [0.2, 0.25) is 0 Å². The Kier molecular flexibility index (Phi) is 6.64. The fourth-order valence-corrected chi connectivity index (χ4v) is 5.65. The van der Waals surface area contributed by atoms with E-state index in [1.165, 1.54) is 32.1 Å². The maximum atomic E-state index is 13.2. The highest BCUT2D eigenvalue weighted by Gasteiger charge is 2.28. The molecule has 2 aromatic rings. The molecule has 34 heavy (non-hydrogen) atoms. The van der Waals surface area contributed by atoms with Gasteiger partial charge in [-0.05, 0) is 66.8 Å². The number of fused-ring (bicyclic) bond motifs is 1. The molecule has 0 N–H and O–H groups in total. The summed E-state index contributed by atoms with van der Waals surface area (Å²) >= 11 is 0. The summed E-state index contributed by atoms with van der Waals surface area (Å²) in [5.41, 5.74) is 4.17. The number of nitriles is 1. The van der Waals surface area contributed by atoms with Gasteiger partial charge in [0.25, 0.3) is 11.8 Å². The second-order valence-electron chi connectivity index (χ2n) is 9.77. The van der Waals surface area contributed by atoms with Gasteiger partial charge in [-0.3, -0.25) is 14.5 Å². The monoisotopic (exact) mass is 456 g/mol. The SMILES string of the molecule is N#Cc1ccc(C(=O)N2CCc3cc(C(=O)N4CCN(C5CCCCC5)CC4)ccc3C2)cc1. The number of hydrogen-bond acceptors (Lipinski definition) is 4. The minimum atomic E-state index is -0.0221. The second-order valence-corrected chi connectivity index (χ2v) is 9.77. The van der Waals surface area contributed by atoms with Gasteiger partial charge < -0.3 is 9.80 Å². The topological polar surface area (TPSA) is 67.6 Å². The van der Waals surface area contributed by atoms with E-state index in [0.29, 0.717) is 30.3 Å². The van der Waals surface area contributed by atoms with Gasteiger partial charge in [-0.25, -0.2) is 0 Å². The lowest BCUT2D eigenvalue weighted by Gasteiger charge is -2.40. The molecule has 0 aromatic heterocycles. The van der Waals surface area contributed by atoms with Crippen molar-refractivity contribution in [3.8, 4) is 6.07 Å². The Morgan fingerprint density at radius 3 is 2.15 bits per heavy atom. The van der Waals surface area contributed by atoms with Crippen LogP contribution in [0.5, 0.6) is 0 Å². The van der Waals surface area contributed by atoms with Gasteiger partial charge in [0, 0.05) is 56.4 Å². The highest BCUT2D eigenvalue weighted by Crippen LogP contribution is 2.25. The molecular formula is C28H32N4O2. The maximum absolute atomic E-state index is 13.2. The largest absolute Gasteiger partial charge is 0.336 e. The van der Waals surface area contributed by atoms with E-state index in [4.69, 9.17) is 5.26 Å². The minimum Gasteiger partial charge on any atom is -0.336 e. The Hall–Kier alpha value is -3.17. The normalized spacial score (nSPS) is 19.4. The lowest BCUT2D eigenvalue weighted by molar-refractivity contribution is 0.0522. The smallest absolute Gasteiger partial charge is 0.254 e. The van der Waals surface area contributed by atoms with Crippen molar-refractivity contribution in [2.45, 2.75) is 51.1 Å². The molecule has 6 heteroatoms. The number of hydrogen-bond donors (Lipinski definition) is 0. The highest BCUT2D eigenvalue weighted by atomic mass is 16.2. The van der Waals surface area contributed by atoms with E-state index in [1.807, 2.05) is 28.0 Å². The van der Waals surface area contributed by atoms with Gasteiger partial charge in [0.2, 0.25) is 0 Å². The summed E-state index contributed by atoms with van der Waals surface area (Å²) in [4.78, 5) is 32.5. The molecule has 176 valence electrons. The van der Waals surface area contributed by atoms with E-state index in [0.717, 1.165) is 49.3 Å². The summed E-state index contributed by atoms with van der Waals surface area (Å²) in [6.07, 6.45) is 7.42. The number of piperazine rings is 1. The number of amides is 2. The van der Waals surface area contributed by atoms with E-state index in [2.05, 4.69) is 11.0 Å². The molecule has 1 aliphatic carbocycles. The Morgan fingerprint density at radius 1 is 0.765 bits per heavy atom. The molecule has 0 radical (unpaired) electrons. The van der Waals surface area contributed by atoms with Crippen LogP contribution >= 0.6 is 0 Å². The molecule has 2 amide bonds. The zero-order valence-electron chi connectivity index (χ0n) is 19.7. The third-order valence-electron chi connectivity index (χ3n) is 7.71. The number of carbonyl (C=O) groups is 2. The third-order valence-corrected chi connectivity index (χ3v) is 7.71. The minimum absolute atomic E-state index is 0.0221. The molecule has 2 aliphatic heterocycles. The average Bonchev–Trinajstić information content (AvgIpc) is 2.92. The van der Waals surface area contributed by atoms with E-state index < -0.39 is 0 Å². The third kappa shape index (κ3) is 4.71. The first-order chi connectivity index (χ1) is 16.6. The summed E-state index contributed by atoms with van der Waals surface area (Å²) in [5, 5.41) is 8.96. The first-order valence-corrected chi connectivity index (χ1v) is 12.6. The highest BCUT2D eigenvalue weighted by molar-refractivity contribution is 5.95. The van der Waals surface area contributed by atoms with Crippen LogP contribution in [0, 0.1) is 11.3 Å². The molecular weight excluding hydrogens is 424 g/mol. The van der Waals surface area contributed by atoms with Crippen LogP contribution in [0.15, 0.2) is 42.5 Å². The molecule has 0 unspecified atom stereocenters. The van der Waals surface area contributed by atoms with Gasteiger partial charge in [-0.15, -0.1) is 0 Å². The fraction of sp³-hybridized carbons (Fsp3) is 0.464. The van der Waals surface area contributed by atoms with Crippen LogP contribution in [0.3, 0.4) is 0 Å². The van der Waals surface area contributed by atoms with Crippen LogP contribution in [-0.4, -0.2) is 65.3 Å². The summed E-state index contributed by atoms with van der Waals surface area (Å²) < 4.78 is 0. The van der Waals surface area contributed by atoms with Crippen molar-refractivity contribution in [1.29, 1.82) is 5.26 Å². The predicted octanol–water partition coefficient (Wildman–Crippen LogP) is 3.85. The Balaban J connectivity index is 1.20. The molecule has 0 atom stereocenters. The molecule has 0 spiro atoms. The van der Waals surface area contributed by atoms with Crippen LogP contribution in [0.25, 0.3) is 0 Å². The second kappa shape index (κ2) is 9.99. The molecule has 1 saturated carbocycles. The first-order valence-electron chi connectivity index (χ1n) is 12.6. The lowest BCUT2D eigenvalue weighted by Crippen LogP contribution is -2.52. The van der Waals surface area contributed by atoms with Gasteiger partial charge in [0.15, 0.2) is 0 Å². The Labute approximate surface area is 201 Å². The van der Waals surface area contributed by atoms with Crippen LogP contribution in [-0.2, 0) is 13.0 Å². The van der Waals surface area contributed by atoms with Crippen LogP contribution in [0.4, 0.5) is 0 Å². The molecule has 2 aromatic carbocycles. The van der Waals surface area contributed by atoms with E-state index in [9.17, 15) is 9.59 Å². The number of nitrogens with zero attached hydrogens (tertiary/aromatic N) is 4. The van der Waals surface area contributed by atoms with Crippen LogP contribution in [0.1, 0.15) is 69.5 Å². The zero-order valence-corrected chi connectivity index (χ0v) is 19.7. The van der Waals surface area contributed by atoms with Crippen molar-refractivity contribution in [3.05, 3.63) is 70.3 Å². The van der Waals surface area contributed by atoms with Crippen molar-refractivity contribution in [2.75, 3.05) is 32.7 Å². The molecule has 2 fully saturated rings. The van der Waals surface area contributed by atoms with Crippen molar-refractivity contribution < 1.29 is 9.59 Å². The lowest BCUT2D eigenvalue weighted by atomic mass is 9.93. The van der Waals surface area contributed by atoms with Gasteiger partial charge >= 0.3 is 0 Å². The van der Waals surface area contributed by atoms with Gasteiger partial charge in [0.1, 0.15) is 0 Å². The van der Waals surface area contributed by atoms with Crippen LogP contribution < -0.4 is 0 Å². The number of carbonyl (C=O) groups excluding carboxylic acids is 2. The summed E-state index contributed by atoms with van der Waals surface area (Å²) in [7, 11) is 0. The fourth-order valence-electron chi connectivity index (χ4n) is 5.65. The standard InChI is InChI=1S/C28H32N4O2/c29-19-21-6-8-22(9-7-21)27(33)32-13-12-23-18-24(10-11-25(23)20-32)28(34)31-16-14-30(15-17-31)26-4-2-1-3-5-26/h6-11,18,26H,1-5,12-17,20H2. The predicted molar refractivity (Wildman–Crippen MR) is 130 cm³/mol. The molecule has 2 heterocycles. The van der Waals surface area contributed by atoms with E-state index >= 15 is 0 Å². The maximum Gasteiger partial charge on any atom is 0.254 e. The van der Waals surface area contributed by atoms with E-state index in [-0.39, 0.29) is 11.8 Å². The molecule has 3 aliphatic rings. The molecule has 1 saturated heterocycles. The van der Waals surface area contributed by atoms with Gasteiger partial charge in [-0.1, -0.05) is 25.3 Å². The Morgan fingerprint density at radius 2 is 1.44 bits per heavy atom. The zero-order chi connectivity index (χ0) is 23.5.